The van der Waals surface area contributed by atoms with Crippen molar-refractivity contribution >= 4 is 0 Å². The molecule has 0 spiro atoms. The maximum atomic E-state index is 9.36. The Morgan fingerprint density at radius 1 is 1.40 bits per heavy atom. The van der Waals surface area contributed by atoms with Crippen LogP contribution in [0.15, 0.2) is 0 Å². The van der Waals surface area contributed by atoms with Crippen LogP contribution in [0.25, 0.3) is 0 Å². The standard InChI is InChI=1S/C8H14O2/c1-2-10-8-4-7(9)5-3-6(5)8/h5-9H,2-4H2,1H3/t5-,6+,7-,8-/m1/s1. The first-order valence-electron chi connectivity index (χ1n) is 4.12. The number of hydrogen-bond acceptors (Lipinski definition) is 2. The van der Waals surface area contributed by atoms with Crippen molar-refractivity contribution in [2.45, 2.75) is 32.0 Å². The van der Waals surface area contributed by atoms with E-state index in [0.717, 1.165) is 13.0 Å². The van der Waals surface area contributed by atoms with E-state index in [2.05, 4.69) is 0 Å². The second-order valence-electron chi connectivity index (χ2n) is 3.36. The predicted octanol–water partition coefficient (Wildman–Crippen LogP) is 0.792. The molecule has 0 unspecified atom stereocenters. The summed E-state index contributed by atoms with van der Waals surface area (Å²) in [6.45, 7) is 2.81. The van der Waals surface area contributed by atoms with Crippen molar-refractivity contribution in [1.82, 2.24) is 0 Å². The fourth-order valence-electron chi connectivity index (χ4n) is 2.10. The van der Waals surface area contributed by atoms with E-state index in [9.17, 15) is 5.11 Å². The average Bonchev–Trinajstić information content (AvgIpc) is 2.59. The van der Waals surface area contributed by atoms with Crippen molar-refractivity contribution in [3.05, 3.63) is 0 Å². The zero-order valence-corrected chi connectivity index (χ0v) is 6.29. The minimum absolute atomic E-state index is 0.0541. The molecule has 2 rings (SSSR count). The monoisotopic (exact) mass is 142 g/mol. The first-order chi connectivity index (χ1) is 4.83. The number of ether oxygens (including phenoxy) is 1. The molecule has 2 aliphatic carbocycles. The normalized spacial score (nSPS) is 51.0. The Hall–Kier alpha value is -0.0800. The van der Waals surface area contributed by atoms with Gasteiger partial charge < -0.3 is 9.84 Å². The van der Waals surface area contributed by atoms with Crippen LogP contribution in [0.5, 0.6) is 0 Å². The molecule has 0 bridgehead atoms. The zero-order chi connectivity index (χ0) is 7.14. The molecule has 0 saturated heterocycles. The molecule has 1 N–H and O–H groups in total. The minimum atomic E-state index is -0.0541. The van der Waals surface area contributed by atoms with Gasteiger partial charge in [-0.2, -0.15) is 0 Å². The molecule has 0 aromatic heterocycles. The van der Waals surface area contributed by atoms with Gasteiger partial charge in [-0.1, -0.05) is 0 Å². The highest BCUT2D eigenvalue weighted by molar-refractivity contribution is 5.03. The quantitative estimate of drug-likeness (QED) is 0.617. The average molecular weight is 142 g/mol. The van der Waals surface area contributed by atoms with E-state index in [1.165, 1.54) is 6.42 Å². The number of rotatable bonds is 2. The molecule has 2 saturated carbocycles. The van der Waals surface area contributed by atoms with Gasteiger partial charge in [-0.15, -0.1) is 0 Å². The Kier molecular flexibility index (Phi) is 1.46. The lowest BCUT2D eigenvalue weighted by molar-refractivity contribution is 0.0357. The molecule has 2 nitrogen and oxygen atoms in total. The van der Waals surface area contributed by atoms with Gasteiger partial charge in [0.05, 0.1) is 12.2 Å². The summed E-state index contributed by atoms with van der Waals surface area (Å²) in [5, 5.41) is 9.36. The second-order valence-corrected chi connectivity index (χ2v) is 3.36. The molecule has 58 valence electrons. The molecule has 0 aromatic rings. The maximum Gasteiger partial charge on any atom is 0.0631 e. The third-order valence-corrected chi connectivity index (χ3v) is 2.72. The van der Waals surface area contributed by atoms with Crippen LogP contribution in [0, 0.1) is 11.8 Å². The summed E-state index contributed by atoms with van der Waals surface area (Å²) in [4.78, 5) is 0. The molecule has 2 fully saturated rings. The lowest BCUT2D eigenvalue weighted by atomic mass is 10.2. The Bertz CT molecular complexity index is 135. The van der Waals surface area contributed by atoms with Crippen LogP contribution in [0.3, 0.4) is 0 Å². The van der Waals surface area contributed by atoms with Crippen molar-refractivity contribution < 1.29 is 9.84 Å². The number of aliphatic hydroxyl groups excluding tert-OH is 1. The van der Waals surface area contributed by atoms with E-state index in [-0.39, 0.29) is 6.10 Å². The molecule has 4 atom stereocenters. The van der Waals surface area contributed by atoms with Gasteiger partial charge in [0.2, 0.25) is 0 Å². The molecule has 0 radical (unpaired) electrons. The number of aliphatic hydroxyl groups is 1. The second kappa shape index (κ2) is 2.21. The lowest BCUT2D eigenvalue weighted by Gasteiger charge is -2.12. The van der Waals surface area contributed by atoms with Gasteiger partial charge >= 0.3 is 0 Å². The fraction of sp³-hybridized carbons (Fsp3) is 1.00. The van der Waals surface area contributed by atoms with Crippen LogP contribution in [-0.4, -0.2) is 23.9 Å². The van der Waals surface area contributed by atoms with Crippen LogP contribution < -0.4 is 0 Å². The molecular weight excluding hydrogens is 128 g/mol. The van der Waals surface area contributed by atoms with E-state index in [1.807, 2.05) is 6.92 Å². The molecular formula is C8H14O2. The van der Waals surface area contributed by atoms with E-state index in [0.29, 0.717) is 17.9 Å². The summed E-state index contributed by atoms with van der Waals surface area (Å²) in [6.07, 6.45) is 2.40. The molecule has 0 heterocycles. The van der Waals surface area contributed by atoms with Crippen LogP contribution >= 0.6 is 0 Å². The van der Waals surface area contributed by atoms with Crippen molar-refractivity contribution in [2.24, 2.45) is 11.8 Å². The van der Waals surface area contributed by atoms with E-state index >= 15 is 0 Å². The molecule has 10 heavy (non-hydrogen) atoms. The summed E-state index contributed by atoms with van der Waals surface area (Å²) < 4.78 is 5.47. The summed E-state index contributed by atoms with van der Waals surface area (Å²) in [6, 6.07) is 0. The highest BCUT2D eigenvalue weighted by Crippen LogP contribution is 2.52. The highest BCUT2D eigenvalue weighted by Gasteiger charge is 2.54. The van der Waals surface area contributed by atoms with Crippen LogP contribution in [-0.2, 0) is 4.74 Å². The largest absolute Gasteiger partial charge is 0.393 e. The number of fused-ring (bicyclic) bond motifs is 1. The maximum absolute atomic E-state index is 9.36. The first-order valence-corrected chi connectivity index (χ1v) is 4.12. The van der Waals surface area contributed by atoms with Gasteiger partial charge in [0.1, 0.15) is 0 Å². The van der Waals surface area contributed by atoms with Gasteiger partial charge in [0, 0.05) is 13.0 Å². The third kappa shape index (κ3) is 0.867. The summed E-state index contributed by atoms with van der Waals surface area (Å²) in [5.74, 6) is 1.30. The molecule has 0 aromatic carbocycles. The van der Waals surface area contributed by atoms with Gasteiger partial charge in [-0.3, -0.25) is 0 Å². The van der Waals surface area contributed by atoms with Crippen molar-refractivity contribution in [3.63, 3.8) is 0 Å². The van der Waals surface area contributed by atoms with Gasteiger partial charge in [-0.25, -0.2) is 0 Å². The summed E-state index contributed by atoms with van der Waals surface area (Å²) >= 11 is 0. The Balaban J connectivity index is 1.89. The van der Waals surface area contributed by atoms with Crippen LogP contribution in [0.4, 0.5) is 0 Å². The lowest BCUT2D eigenvalue weighted by Crippen LogP contribution is -2.15. The smallest absolute Gasteiger partial charge is 0.0631 e. The first kappa shape index (κ1) is 6.62. The third-order valence-electron chi connectivity index (χ3n) is 2.72. The minimum Gasteiger partial charge on any atom is -0.393 e. The van der Waals surface area contributed by atoms with Gasteiger partial charge in [-0.05, 0) is 25.2 Å². The molecule has 0 amide bonds. The SMILES string of the molecule is CCO[C@@H]1C[C@@H](O)[C@@H]2C[C@@H]21. The highest BCUT2D eigenvalue weighted by atomic mass is 16.5. The van der Waals surface area contributed by atoms with Crippen molar-refractivity contribution in [1.29, 1.82) is 0 Å². The van der Waals surface area contributed by atoms with E-state index in [4.69, 9.17) is 4.74 Å². The van der Waals surface area contributed by atoms with Gasteiger partial charge in [0.25, 0.3) is 0 Å². The molecule has 2 aliphatic rings. The molecule has 0 aliphatic heterocycles. The summed E-state index contributed by atoms with van der Waals surface area (Å²) in [7, 11) is 0. The Labute approximate surface area is 61.2 Å². The van der Waals surface area contributed by atoms with Crippen LogP contribution in [0.1, 0.15) is 19.8 Å². The Morgan fingerprint density at radius 2 is 2.20 bits per heavy atom. The number of hydrogen-bond donors (Lipinski definition) is 1. The van der Waals surface area contributed by atoms with Gasteiger partial charge in [0.15, 0.2) is 0 Å². The predicted molar refractivity (Wildman–Crippen MR) is 37.6 cm³/mol. The zero-order valence-electron chi connectivity index (χ0n) is 6.29. The van der Waals surface area contributed by atoms with E-state index in [1.54, 1.807) is 0 Å². The van der Waals surface area contributed by atoms with Crippen molar-refractivity contribution in [2.75, 3.05) is 6.61 Å². The van der Waals surface area contributed by atoms with E-state index < -0.39 is 0 Å². The Morgan fingerprint density at radius 3 is 2.60 bits per heavy atom. The van der Waals surface area contributed by atoms with Crippen LogP contribution in [0.2, 0.25) is 0 Å². The molecule has 2 heteroatoms. The topological polar surface area (TPSA) is 29.5 Å². The van der Waals surface area contributed by atoms with Crippen molar-refractivity contribution in [3.8, 4) is 0 Å². The summed E-state index contributed by atoms with van der Waals surface area (Å²) in [5.41, 5.74) is 0. The fourth-order valence-corrected chi connectivity index (χ4v) is 2.10.